The van der Waals surface area contributed by atoms with Gasteiger partial charge in [0.15, 0.2) is 0 Å². The van der Waals surface area contributed by atoms with Crippen molar-refractivity contribution in [1.82, 2.24) is 14.1 Å². The first-order chi connectivity index (χ1) is 14.0. The van der Waals surface area contributed by atoms with E-state index in [1.165, 1.54) is 33.4 Å². The van der Waals surface area contributed by atoms with Gasteiger partial charge in [0.2, 0.25) is 10.0 Å². The summed E-state index contributed by atoms with van der Waals surface area (Å²) in [5.74, 6) is -0.280. The molecule has 0 bridgehead atoms. The van der Waals surface area contributed by atoms with Crippen LogP contribution in [0.1, 0.15) is 34.8 Å². The van der Waals surface area contributed by atoms with Crippen molar-refractivity contribution in [1.29, 1.82) is 0 Å². The summed E-state index contributed by atoms with van der Waals surface area (Å²) >= 11 is 5.80. The lowest BCUT2D eigenvalue weighted by Crippen LogP contribution is -2.28. The van der Waals surface area contributed by atoms with Crippen molar-refractivity contribution in [2.24, 2.45) is 18.9 Å². The van der Waals surface area contributed by atoms with Crippen LogP contribution in [0.4, 0.5) is 15.9 Å². The number of amides is 1. The highest BCUT2D eigenvalue weighted by molar-refractivity contribution is 7.88. The second kappa shape index (κ2) is 7.51. The number of hydrogen-bond donors (Lipinski definition) is 2. The number of carbonyl (C=O) groups is 1. The van der Waals surface area contributed by atoms with E-state index < -0.39 is 21.7 Å². The Morgan fingerprint density at radius 3 is 2.50 bits per heavy atom. The summed E-state index contributed by atoms with van der Waals surface area (Å²) in [6.45, 7) is 0.996. The number of carbonyl (C=O) groups excluding carboxylic acids is 1. The standard InChI is InChI=1S/C19H23ClFN5O3S/c1-25-18(22)16(19(27)23-13-3-4-15(21)14(20)7-13)17(24-25)10-5-11-8-26(30(2,28)29)9-12(11)6-10/h3-4,7,10-12H,5-6,8-9,22H2,1-2H3,(H,23,27). The Morgan fingerprint density at radius 1 is 1.30 bits per heavy atom. The number of benzene rings is 1. The Bertz CT molecular complexity index is 1110. The average Bonchev–Trinajstić information content (AvgIpc) is 3.30. The molecule has 8 nitrogen and oxygen atoms in total. The van der Waals surface area contributed by atoms with Crippen molar-refractivity contribution >= 4 is 39.0 Å². The van der Waals surface area contributed by atoms with Crippen LogP contribution in [0.2, 0.25) is 5.02 Å². The molecule has 3 N–H and O–H groups in total. The molecule has 1 saturated heterocycles. The van der Waals surface area contributed by atoms with E-state index in [0.717, 1.165) is 12.8 Å². The number of nitrogen functional groups attached to an aromatic ring is 1. The largest absolute Gasteiger partial charge is 0.383 e. The highest BCUT2D eigenvalue weighted by Crippen LogP contribution is 2.47. The lowest BCUT2D eigenvalue weighted by atomic mass is 9.97. The van der Waals surface area contributed by atoms with E-state index >= 15 is 0 Å². The van der Waals surface area contributed by atoms with E-state index in [0.29, 0.717) is 30.0 Å². The molecule has 1 aromatic heterocycles. The SMILES string of the molecule is Cn1nc(C2CC3CN(S(C)(=O)=O)CC3C2)c(C(=O)Nc2ccc(F)c(Cl)c2)c1N. The lowest BCUT2D eigenvalue weighted by molar-refractivity contribution is 0.102. The number of anilines is 2. The Labute approximate surface area is 179 Å². The van der Waals surface area contributed by atoms with Gasteiger partial charge in [-0.05, 0) is 42.9 Å². The zero-order valence-electron chi connectivity index (χ0n) is 16.6. The van der Waals surface area contributed by atoms with Gasteiger partial charge in [-0.1, -0.05) is 11.6 Å². The van der Waals surface area contributed by atoms with Crippen LogP contribution < -0.4 is 11.1 Å². The first-order valence-electron chi connectivity index (χ1n) is 9.58. The first-order valence-corrected chi connectivity index (χ1v) is 11.8. The minimum atomic E-state index is -3.20. The summed E-state index contributed by atoms with van der Waals surface area (Å²) in [5, 5.41) is 7.11. The Hall–Kier alpha value is -2.17. The fourth-order valence-electron chi connectivity index (χ4n) is 4.60. The molecule has 11 heteroatoms. The van der Waals surface area contributed by atoms with Crippen LogP contribution in [0.15, 0.2) is 18.2 Å². The van der Waals surface area contributed by atoms with E-state index in [4.69, 9.17) is 17.3 Å². The predicted octanol–water partition coefficient (Wildman–Crippen LogP) is 2.43. The smallest absolute Gasteiger partial charge is 0.261 e. The van der Waals surface area contributed by atoms with E-state index in [1.54, 1.807) is 7.05 Å². The maximum Gasteiger partial charge on any atom is 0.261 e. The van der Waals surface area contributed by atoms with E-state index in [-0.39, 0.29) is 28.6 Å². The van der Waals surface area contributed by atoms with Crippen LogP contribution in [0.5, 0.6) is 0 Å². The minimum absolute atomic E-state index is 0.0164. The van der Waals surface area contributed by atoms with Gasteiger partial charge < -0.3 is 11.1 Å². The second-order valence-electron chi connectivity index (χ2n) is 8.12. The van der Waals surface area contributed by atoms with Crippen LogP contribution >= 0.6 is 11.6 Å². The van der Waals surface area contributed by atoms with Crippen molar-refractivity contribution in [3.05, 3.63) is 40.3 Å². The van der Waals surface area contributed by atoms with Gasteiger partial charge in [-0.25, -0.2) is 17.1 Å². The zero-order chi connectivity index (χ0) is 21.8. The molecule has 1 aromatic carbocycles. The molecule has 0 spiro atoms. The summed E-state index contributed by atoms with van der Waals surface area (Å²) < 4.78 is 40.1. The van der Waals surface area contributed by atoms with Crippen molar-refractivity contribution < 1.29 is 17.6 Å². The molecular weight excluding hydrogens is 433 g/mol. The third kappa shape index (κ3) is 3.79. The molecule has 2 aromatic rings. The van der Waals surface area contributed by atoms with E-state index in [9.17, 15) is 17.6 Å². The minimum Gasteiger partial charge on any atom is -0.383 e. The third-order valence-corrected chi connectivity index (χ3v) is 7.62. The Morgan fingerprint density at radius 2 is 1.93 bits per heavy atom. The van der Waals surface area contributed by atoms with E-state index in [2.05, 4.69) is 10.4 Å². The van der Waals surface area contributed by atoms with Crippen molar-refractivity contribution in [2.75, 3.05) is 30.4 Å². The van der Waals surface area contributed by atoms with Crippen molar-refractivity contribution in [3.8, 4) is 0 Å². The number of rotatable bonds is 4. The fourth-order valence-corrected chi connectivity index (χ4v) is 5.70. The molecule has 162 valence electrons. The molecule has 0 radical (unpaired) electrons. The summed E-state index contributed by atoms with van der Waals surface area (Å²) in [5.41, 5.74) is 7.40. The fraction of sp³-hybridized carbons (Fsp3) is 0.474. The first kappa shape index (κ1) is 21.1. The molecule has 2 atom stereocenters. The van der Waals surface area contributed by atoms with Crippen LogP contribution in [0.3, 0.4) is 0 Å². The number of fused-ring (bicyclic) bond motifs is 1. The monoisotopic (exact) mass is 455 g/mol. The van der Waals surface area contributed by atoms with Gasteiger partial charge in [0, 0.05) is 31.7 Å². The highest BCUT2D eigenvalue weighted by Gasteiger charge is 2.45. The molecule has 2 unspecified atom stereocenters. The summed E-state index contributed by atoms with van der Waals surface area (Å²) in [4.78, 5) is 13.0. The molecule has 2 heterocycles. The third-order valence-electron chi connectivity index (χ3n) is 6.10. The molecule has 1 aliphatic heterocycles. The normalized spacial score (nSPS) is 24.2. The number of aromatic nitrogens is 2. The molecule has 1 saturated carbocycles. The van der Waals surface area contributed by atoms with Crippen LogP contribution in [0, 0.1) is 17.7 Å². The zero-order valence-corrected chi connectivity index (χ0v) is 18.2. The Kier molecular flexibility index (Phi) is 5.27. The number of aryl methyl sites for hydroxylation is 1. The Balaban J connectivity index is 1.56. The lowest BCUT2D eigenvalue weighted by Gasteiger charge is -2.16. The summed E-state index contributed by atoms with van der Waals surface area (Å²) in [7, 11) is -1.53. The van der Waals surface area contributed by atoms with Gasteiger partial charge in [-0.2, -0.15) is 5.10 Å². The van der Waals surface area contributed by atoms with Crippen LogP contribution in [-0.4, -0.2) is 47.8 Å². The maximum atomic E-state index is 13.4. The number of nitrogens with one attached hydrogen (secondary N) is 1. The number of nitrogens with zero attached hydrogens (tertiary/aromatic N) is 3. The second-order valence-corrected chi connectivity index (χ2v) is 10.5. The maximum absolute atomic E-state index is 13.4. The number of hydrogen-bond acceptors (Lipinski definition) is 5. The number of nitrogens with two attached hydrogens (primary N) is 1. The molecular formula is C19H23ClFN5O3S. The van der Waals surface area contributed by atoms with Crippen molar-refractivity contribution in [2.45, 2.75) is 18.8 Å². The van der Waals surface area contributed by atoms with Crippen LogP contribution in [-0.2, 0) is 17.1 Å². The molecule has 2 aliphatic rings. The van der Waals surface area contributed by atoms with Crippen LogP contribution in [0.25, 0.3) is 0 Å². The quantitative estimate of drug-likeness (QED) is 0.735. The summed E-state index contributed by atoms with van der Waals surface area (Å²) in [6, 6.07) is 3.93. The van der Waals surface area contributed by atoms with Gasteiger partial charge in [-0.15, -0.1) is 0 Å². The molecule has 1 aliphatic carbocycles. The van der Waals surface area contributed by atoms with Gasteiger partial charge in [0.1, 0.15) is 17.2 Å². The number of halogens is 2. The van der Waals surface area contributed by atoms with Gasteiger partial charge in [0.25, 0.3) is 5.91 Å². The predicted molar refractivity (Wildman–Crippen MR) is 112 cm³/mol. The van der Waals surface area contributed by atoms with Crippen molar-refractivity contribution in [3.63, 3.8) is 0 Å². The topological polar surface area (TPSA) is 110 Å². The number of sulfonamides is 1. The van der Waals surface area contributed by atoms with Gasteiger partial charge in [-0.3, -0.25) is 9.48 Å². The van der Waals surface area contributed by atoms with Gasteiger partial charge >= 0.3 is 0 Å². The van der Waals surface area contributed by atoms with E-state index in [1.807, 2.05) is 0 Å². The molecule has 1 amide bonds. The molecule has 30 heavy (non-hydrogen) atoms. The highest BCUT2D eigenvalue weighted by atomic mass is 35.5. The summed E-state index contributed by atoms with van der Waals surface area (Å²) in [6.07, 6.45) is 2.72. The van der Waals surface area contributed by atoms with Gasteiger partial charge in [0.05, 0.1) is 17.0 Å². The molecule has 2 fully saturated rings. The average molecular weight is 456 g/mol. The molecule has 4 rings (SSSR count).